The van der Waals surface area contributed by atoms with Gasteiger partial charge in [0.25, 0.3) is 5.91 Å². The van der Waals surface area contributed by atoms with Gasteiger partial charge in [0.15, 0.2) is 0 Å². The zero-order valence-electron chi connectivity index (χ0n) is 11.9. The van der Waals surface area contributed by atoms with Gasteiger partial charge in [0.1, 0.15) is 0 Å². The molecule has 0 bridgehead atoms. The largest absolute Gasteiger partial charge is 0.349 e. The second kappa shape index (κ2) is 5.54. The summed E-state index contributed by atoms with van der Waals surface area (Å²) < 4.78 is 0. The molecule has 1 aromatic rings. The molecule has 0 heterocycles. The average Bonchev–Trinajstić information content (AvgIpc) is 2.26. The Hall–Kier alpha value is -1.02. The summed E-state index contributed by atoms with van der Waals surface area (Å²) in [6.45, 7) is 6.81. The van der Waals surface area contributed by atoms with Crippen molar-refractivity contribution in [1.29, 1.82) is 0 Å². The highest BCUT2D eigenvalue weighted by Crippen LogP contribution is 2.38. The predicted molar refractivity (Wildman–Crippen MR) is 79.5 cm³/mol. The molecule has 2 rings (SSSR count). The number of nitrogens with one attached hydrogen (secondary N) is 1. The topological polar surface area (TPSA) is 29.1 Å². The normalized spacial score (nSPS) is 25.9. The van der Waals surface area contributed by atoms with E-state index in [-0.39, 0.29) is 11.9 Å². The molecular weight excluding hydrogens is 258 g/mol. The number of hydrogen-bond donors (Lipinski definition) is 1. The lowest BCUT2D eigenvalue weighted by atomic mass is 9.70. The highest BCUT2D eigenvalue weighted by molar-refractivity contribution is 6.33. The molecule has 1 aliphatic rings. The molecule has 1 fully saturated rings. The molecule has 2 nitrogen and oxygen atoms in total. The van der Waals surface area contributed by atoms with Gasteiger partial charge in [-0.3, -0.25) is 4.79 Å². The molecule has 104 valence electrons. The van der Waals surface area contributed by atoms with Crippen molar-refractivity contribution in [3.8, 4) is 0 Å². The van der Waals surface area contributed by atoms with Gasteiger partial charge in [-0.15, -0.1) is 0 Å². The van der Waals surface area contributed by atoms with Crippen molar-refractivity contribution in [2.45, 2.75) is 46.1 Å². The molecule has 1 N–H and O–H groups in total. The predicted octanol–water partition coefficient (Wildman–Crippen LogP) is 4.28. The summed E-state index contributed by atoms with van der Waals surface area (Å²) in [6, 6.07) is 7.46. The van der Waals surface area contributed by atoms with Gasteiger partial charge < -0.3 is 5.32 Å². The minimum absolute atomic E-state index is 0.0551. The van der Waals surface area contributed by atoms with Crippen molar-refractivity contribution in [3.63, 3.8) is 0 Å². The smallest absolute Gasteiger partial charge is 0.253 e. The van der Waals surface area contributed by atoms with Crippen LogP contribution in [0, 0.1) is 11.3 Å². The number of carbonyl (C=O) groups excluding carboxylic acids is 1. The molecule has 1 aromatic carbocycles. The van der Waals surface area contributed by atoms with Crippen molar-refractivity contribution in [2.75, 3.05) is 0 Å². The fraction of sp³-hybridized carbons (Fsp3) is 0.562. The Morgan fingerprint density at radius 2 is 2.00 bits per heavy atom. The Bertz CT molecular complexity index is 470. The maximum atomic E-state index is 12.3. The van der Waals surface area contributed by atoms with Crippen molar-refractivity contribution in [1.82, 2.24) is 5.32 Å². The molecule has 1 saturated carbocycles. The third-order valence-corrected chi connectivity index (χ3v) is 4.17. The van der Waals surface area contributed by atoms with Gasteiger partial charge in [0.05, 0.1) is 10.6 Å². The number of rotatable bonds is 2. The van der Waals surface area contributed by atoms with Gasteiger partial charge in [0.2, 0.25) is 0 Å². The van der Waals surface area contributed by atoms with Crippen LogP contribution in [0.15, 0.2) is 24.3 Å². The van der Waals surface area contributed by atoms with E-state index in [1.165, 1.54) is 6.42 Å². The molecule has 1 aliphatic carbocycles. The van der Waals surface area contributed by atoms with Gasteiger partial charge in [0, 0.05) is 6.04 Å². The Balaban J connectivity index is 2.05. The first kappa shape index (κ1) is 14.4. The summed E-state index contributed by atoms with van der Waals surface area (Å²) in [4.78, 5) is 12.3. The van der Waals surface area contributed by atoms with Crippen LogP contribution in [0.3, 0.4) is 0 Å². The van der Waals surface area contributed by atoms with Crippen LogP contribution >= 0.6 is 11.6 Å². The third-order valence-electron chi connectivity index (χ3n) is 3.84. The van der Waals surface area contributed by atoms with E-state index in [1.54, 1.807) is 12.1 Å². The quantitative estimate of drug-likeness (QED) is 0.860. The molecule has 0 aromatic heterocycles. The van der Waals surface area contributed by atoms with Crippen LogP contribution in [-0.4, -0.2) is 11.9 Å². The van der Waals surface area contributed by atoms with Crippen molar-refractivity contribution in [2.24, 2.45) is 11.3 Å². The van der Waals surface area contributed by atoms with Crippen molar-refractivity contribution < 1.29 is 4.79 Å². The molecular formula is C16H22ClNO. The zero-order chi connectivity index (χ0) is 14.0. The Kier molecular flexibility index (Phi) is 4.19. The van der Waals surface area contributed by atoms with Crippen LogP contribution < -0.4 is 5.32 Å². The molecule has 3 heteroatoms. The van der Waals surface area contributed by atoms with Crippen molar-refractivity contribution >= 4 is 17.5 Å². The van der Waals surface area contributed by atoms with Gasteiger partial charge in [-0.1, -0.05) is 44.5 Å². The molecule has 0 aliphatic heterocycles. The van der Waals surface area contributed by atoms with Crippen LogP contribution in [0.5, 0.6) is 0 Å². The average molecular weight is 280 g/mol. The number of carbonyl (C=O) groups is 1. The number of amides is 1. The maximum Gasteiger partial charge on any atom is 0.253 e. The van der Waals surface area contributed by atoms with Crippen LogP contribution in [0.4, 0.5) is 0 Å². The molecule has 0 saturated heterocycles. The highest BCUT2D eigenvalue weighted by atomic mass is 35.5. The lowest BCUT2D eigenvalue weighted by Crippen LogP contribution is -2.43. The first-order valence-corrected chi connectivity index (χ1v) is 7.30. The van der Waals surface area contributed by atoms with E-state index in [9.17, 15) is 4.79 Å². The molecule has 0 unspecified atom stereocenters. The van der Waals surface area contributed by atoms with E-state index in [0.29, 0.717) is 21.9 Å². The van der Waals surface area contributed by atoms with E-state index in [2.05, 4.69) is 26.1 Å². The second-order valence-corrected chi connectivity index (χ2v) is 6.97. The summed E-state index contributed by atoms with van der Waals surface area (Å²) in [5, 5.41) is 3.66. The first-order chi connectivity index (χ1) is 8.87. The summed E-state index contributed by atoms with van der Waals surface area (Å²) in [5.74, 6) is 0.598. The summed E-state index contributed by atoms with van der Waals surface area (Å²) in [7, 11) is 0. The van der Waals surface area contributed by atoms with Crippen LogP contribution in [-0.2, 0) is 0 Å². The number of hydrogen-bond acceptors (Lipinski definition) is 1. The van der Waals surface area contributed by atoms with Crippen LogP contribution in [0.2, 0.25) is 5.02 Å². The zero-order valence-corrected chi connectivity index (χ0v) is 12.6. The molecule has 1 amide bonds. The van der Waals surface area contributed by atoms with E-state index >= 15 is 0 Å². The minimum Gasteiger partial charge on any atom is -0.349 e. The van der Waals surface area contributed by atoms with Gasteiger partial charge >= 0.3 is 0 Å². The monoisotopic (exact) mass is 279 g/mol. The summed E-state index contributed by atoms with van der Waals surface area (Å²) in [6.07, 6.45) is 3.32. The molecule has 2 atom stereocenters. The first-order valence-electron chi connectivity index (χ1n) is 6.93. The summed E-state index contributed by atoms with van der Waals surface area (Å²) in [5.41, 5.74) is 0.871. The molecule has 0 spiro atoms. The third kappa shape index (κ3) is 3.73. The van der Waals surface area contributed by atoms with E-state index in [0.717, 1.165) is 12.8 Å². The van der Waals surface area contributed by atoms with Crippen molar-refractivity contribution in [3.05, 3.63) is 34.9 Å². The fourth-order valence-corrected chi connectivity index (χ4v) is 3.59. The SMILES string of the molecule is C[C@@H]1C[C@@H](NC(=O)c2ccccc2Cl)CC(C)(C)C1. The lowest BCUT2D eigenvalue weighted by Gasteiger charge is -2.39. The Morgan fingerprint density at radius 1 is 1.32 bits per heavy atom. The standard InChI is InChI=1S/C16H22ClNO/c1-11-8-12(10-16(2,3)9-11)18-15(19)13-6-4-5-7-14(13)17/h4-7,11-12H,8-10H2,1-3H3,(H,18,19)/t11-,12-/m1/s1. The molecule has 0 radical (unpaired) electrons. The lowest BCUT2D eigenvalue weighted by molar-refractivity contribution is 0.0874. The maximum absolute atomic E-state index is 12.3. The van der Waals surface area contributed by atoms with Gasteiger partial charge in [-0.05, 0) is 42.7 Å². The molecule has 19 heavy (non-hydrogen) atoms. The van der Waals surface area contributed by atoms with E-state index in [4.69, 9.17) is 11.6 Å². The van der Waals surface area contributed by atoms with E-state index in [1.807, 2.05) is 12.1 Å². The van der Waals surface area contributed by atoms with E-state index < -0.39 is 0 Å². The fourth-order valence-electron chi connectivity index (χ4n) is 3.36. The Morgan fingerprint density at radius 3 is 2.63 bits per heavy atom. The van der Waals surface area contributed by atoms with Crippen LogP contribution in [0.25, 0.3) is 0 Å². The number of benzene rings is 1. The highest BCUT2D eigenvalue weighted by Gasteiger charge is 2.32. The van der Waals surface area contributed by atoms with Gasteiger partial charge in [-0.25, -0.2) is 0 Å². The minimum atomic E-state index is -0.0551. The Labute approximate surface area is 120 Å². The van der Waals surface area contributed by atoms with Gasteiger partial charge in [-0.2, -0.15) is 0 Å². The van der Waals surface area contributed by atoms with Crippen LogP contribution in [0.1, 0.15) is 50.4 Å². The number of halogens is 1. The summed E-state index contributed by atoms with van der Waals surface area (Å²) >= 11 is 6.06. The second-order valence-electron chi connectivity index (χ2n) is 6.56.